The van der Waals surface area contributed by atoms with Gasteiger partial charge in [0.05, 0.1) is 0 Å². The van der Waals surface area contributed by atoms with E-state index in [0.29, 0.717) is 17.3 Å². The molecule has 0 spiro atoms. The SMILES string of the molecule is CC1(C)[C@@H](CN)[C@@H]1c1ccc(-c2ccccc2)cc1. The van der Waals surface area contributed by atoms with Crippen LogP contribution in [0.3, 0.4) is 0 Å². The van der Waals surface area contributed by atoms with Gasteiger partial charge in [-0.25, -0.2) is 0 Å². The number of hydrogen-bond acceptors (Lipinski definition) is 1. The summed E-state index contributed by atoms with van der Waals surface area (Å²) in [6.07, 6.45) is 0. The van der Waals surface area contributed by atoms with E-state index >= 15 is 0 Å². The van der Waals surface area contributed by atoms with Crippen molar-refractivity contribution < 1.29 is 0 Å². The first-order valence-corrected chi connectivity index (χ1v) is 7.00. The first kappa shape index (κ1) is 12.4. The summed E-state index contributed by atoms with van der Waals surface area (Å²) in [7, 11) is 0. The van der Waals surface area contributed by atoms with Crippen LogP contribution in [0.1, 0.15) is 25.3 Å². The summed E-state index contributed by atoms with van der Waals surface area (Å²) in [5.74, 6) is 1.26. The average molecular weight is 251 g/mol. The van der Waals surface area contributed by atoms with Crippen LogP contribution in [0.15, 0.2) is 54.6 Å². The lowest BCUT2D eigenvalue weighted by Crippen LogP contribution is -2.05. The highest BCUT2D eigenvalue weighted by Crippen LogP contribution is 2.63. The molecule has 1 aliphatic rings. The van der Waals surface area contributed by atoms with Crippen molar-refractivity contribution in [3.05, 3.63) is 60.2 Å². The van der Waals surface area contributed by atoms with Crippen LogP contribution in [0, 0.1) is 11.3 Å². The van der Waals surface area contributed by atoms with E-state index in [4.69, 9.17) is 5.73 Å². The Morgan fingerprint density at radius 2 is 1.47 bits per heavy atom. The Kier molecular flexibility index (Phi) is 2.94. The molecule has 0 aliphatic heterocycles. The lowest BCUT2D eigenvalue weighted by Gasteiger charge is -2.06. The van der Waals surface area contributed by atoms with E-state index < -0.39 is 0 Å². The molecule has 0 unspecified atom stereocenters. The van der Waals surface area contributed by atoms with Crippen LogP contribution in [0.5, 0.6) is 0 Å². The maximum Gasteiger partial charge on any atom is -0.00375 e. The summed E-state index contributed by atoms with van der Waals surface area (Å²) < 4.78 is 0. The highest BCUT2D eigenvalue weighted by atomic mass is 14.7. The van der Waals surface area contributed by atoms with Gasteiger partial charge in [-0.15, -0.1) is 0 Å². The zero-order chi connectivity index (χ0) is 13.5. The van der Waals surface area contributed by atoms with Crippen LogP contribution < -0.4 is 5.73 Å². The Hall–Kier alpha value is -1.60. The summed E-state index contributed by atoms with van der Waals surface area (Å²) in [6, 6.07) is 19.5. The molecule has 98 valence electrons. The van der Waals surface area contributed by atoms with Gasteiger partial charge in [0, 0.05) is 0 Å². The van der Waals surface area contributed by atoms with Gasteiger partial charge in [0.25, 0.3) is 0 Å². The molecule has 1 heteroatoms. The van der Waals surface area contributed by atoms with Gasteiger partial charge in [-0.05, 0) is 40.5 Å². The summed E-state index contributed by atoms with van der Waals surface area (Å²) in [5, 5.41) is 0. The second kappa shape index (κ2) is 4.50. The lowest BCUT2D eigenvalue weighted by molar-refractivity contribution is 0.558. The standard InChI is InChI=1S/C18H21N/c1-18(2)16(12-19)17(18)15-10-8-14(9-11-15)13-6-4-3-5-7-13/h3-11,16-17H,12,19H2,1-2H3/t16-,17-/m0/s1. The van der Waals surface area contributed by atoms with Crippen LogP contribution in [-0.4, -0.2) is 6.54 Å². The highest BCUT2D eigenvalue weighted by molar-refractivity contribution is 5.63. The molecule has 19 heavy (non-hydrogen) atoms. The van der Waals surface area contributed by atoms with Crippen molar-refractivity contribution in [1.29, 1.82) is 0 Å². The van der Waals surface area contributed by atoms with Crippen molar-refractivity contribution in [2.75, 3.05) is 6.54 Å². The molecule has 0 bridgehead atoms. The van der Waals surface area contributed by atoms with Crippen molar-refractivity contribution in [2.24, 2.45) is 17.1 Å². The molecule has 0 radical (unpaired) electrons. The van der Waals surface area contributed by atoms with Gasteiger partial charge in [-0.2, -0.15) is 0 Å². The maximum absolute atomic E-state index is 5.86. The van der Waals surface area contributed by atoms with Gasteiger partial charge in [0.1, 0.15) is 0 Å². The van der Waals surface area contributed by atoms with E-state index in [9.17, 15) is 0 Å². The van der Waals surface area contributed by atoms with Gasteiger partial charge >= 0.3 is 0 Å². The van der Waals surface area contributed by atoms with E-state index in [1.54, 1.807) is 0 Å². The Bertz CT molecular complexity index is 554. The van der Waals surface area contributed by atoms with Gasteiger partial charge in [-0.1, -0.05) is 68.4 Å². The number of rotatable bonds is 3. The quantitative estimate of drug-likeness (QED) is 0.875. The molecule has 2 aromatic rings. The predicted octanol–water partition coefficient (Wildman–Crippen LogP) is 4.05. The second-order valence-electron chi connectivity index (χ2n) is 6.13. The average Bonchev–Trinajstić information content (AvgIpc) is 3.01. The molecule has 2 aromatic carbocycles. The summed E-state index contributed by atoms with van der Waals surface area (Å²) in [4.78, 5) is 0. The van der Waals surface area contributed by atoms with E-state index in [2.05, 4.69) is 68.4 Å². The van der Waals surface area contributed by atoms with Crippen molar-refractivity contribution in [1.82, 2.24) is 0 Å². The van der Waals surface area contributed by atoms with Gasteiger partial charge in [0.2, 0.25) is 0 Å². The summed E-state index contributed by atoms with van der Waals surface area (Å²) in [5.41, 5.74) is 10.2. The molecule has 1 fully saturated rings. The van der Waals surface area contributed by atoms with Crippen LogP contribution >= 0.6 is 0 Å². The molecule has 1 saturated carbocycles. The molecule has 0 saturated heterocycles. The molecule has 3 rings (SSSR count). The topological polar surface area (TPSA) is 26.0 Å². The van der Waals surface area contributed by atoms with Crippen LogP contribution in [0.4, 0.5) is 0 Å². The third kappa shape index (κ3) is 2.08. The fourth-order valence-corrected chi connectivity index (χ4v) is 3.36. The third-order valence-electron chi connectivity index (χ3n) is 4.68. The fourth-order valence-electron chi connectivity index (χ4n) is 3.36. The van der Waals surface area contributed by atoms with Crippen LogP contribution in [0.2, 0.25) is 0 Å². The Balaban J connectivity index is 1.85. The Labute approximate surface area is 115 Å². The fraction of sp³-hybridized carbons (Fsp3) is 0.333. The van der Waals surface area contributed by atoms with Crippen LogP contribution in [-0.2, 0) is 0 Å². The zero-order valence-electron chi connectivity index (χ0n) is 11.6. The summed E-state index contributed by atoms with van der Waals surface area (Å²) in [6.45, 7) is 5.43. The van der Waals surface area contributed by atoms with Crippen molar-refractivity contribution in [3.8, 4) is 11.1 Å². The minimum Gasteiger partial charge on any atom is -0.330 e. The minimum absolute atomic E-state index is 0.364. The largest absolute Gasteiger partial charge is 0.330 e. The lowest BCUT2D eigenvalue weighted by atomic mass is 9.99. The van der Waals surface area contributed by atoms with Gasteiger partial charge in [0.15, 0.2) is 0 Å². The normalized spacial score (nSPS) is 24.2. The van der Waals surface area contributed by atoms with E-state index in [1.807, 2.05) is 0 Å². The molecule has 0 aromatic heterocycles. The van der Waals surface area contributed by atoms with Crippen LogP contribution in [0.25, 0.3) is 11.1 Å². The number of benzene rings is 2. The second-order valence-corrected chi connectivity index (χ2v) is 6.13. The number of nitrogens with two attached hydrogens (primary N) is 1. The first-order valence-electron chi connectivity index (χ1n) is 7.00. The van der Waals surface area contributed by atoms with Gasteiger partial charge < -0.3 is 5.73 Å². The summed E-state index contributed by atoms with van der Waals surface area (Å²) >= 11 is 0. The van der Waals surface area contributed by atoms with E-state index in [0.717, 1.165) is 6.54 Å². The van der Waals surface area contributed by atoms with Crippen molar-refractivity contribution >= 4 is 0 Å². The molecule has 1 nitrogen and oxygen atoms in total. The Morgan fingerprint density at radius 3 is 2.00 bits per heavy atom. The van der Waals surface area contributed by atoms with Crippen molar-refractivity contribution in [2.45, 2.75) is 19.8 Å². The number of hydrogen-bond donors (Lipinski definition) is 1. The molecular weight excluding hydrogens is 230 g/mol. The smallest absolute Gasteiger partial charge is 0.00375 e. The predicted molar refractivity (Wildman–Crippen MR) is 80.9 cm³/mol. The monoisotopic (exact) mass is 251 g/mol. The Morgan fingerprint density at radius 1 is 0.895 bits per heavy atom. The molecule has 1 aliphatic carbocycles. The van der Waals surface area contributed by atoms with Crippen molar-refractivity contribution in [3.63, 3.8) is 0 Å². The highest BCUT2D eigenvalue weighted by Gasteiger charge is 2.56. The minimum atomic E-state index is 0.364. The first-order chi connectivity index (χ1) is 9.14. The molecule has 2 atom stereocenters. The third-order valence-corrected chi connectivity index (χ3v) is 4.68. The molecular formula is C18H21N. The van der Waals surface area contributed by atoms with E-state index in [-0.39, 0.29) is 0 Å². The zero-order valence-corrected chi connectivity index (χ0v) is 11.6. The van der Waals surface area contributed by atoms with Gasteiger partial charge in [-0.3, -0.25) is 0 Å². The molecule has 0 amide bonds. The molecule has 0 heterocycles. The maximum atomic E-state index is 5.86. The van der Waals surface area contributed by atoms with E-state index in [1.165, 1.54) is 16.7 Å². The molecule has 2 N–H and O–H groups in total.